The predicted octanol–water partition coefficient (Wildman–Crippen LogP) is 2.96. The van der Waals surface area contributed by atoms with Crippen LogP contribution in [0.15, 0.2) is 24.3 Å². The molecule has 1 rings (SSSR count). The van der Waals surface area contributed by atoms with Crippen LogP contribution in [-0.4, -0.2) is 18.5 Å². The van der Waals surface area contributed by atoms with E-state index in [1.165, 1.54) is 0 Å². The standard InChI is InChI=1S/C15H24N2O/c1-5-13(11(2)3)16-10-15(18)17-14-9-7-6-8-12(14)4/h6-9,11,13,16H,5,10H2,1-4H3,(H,17,18). The van der Waals surface area contributed by atoms with Gasteiger partial charge in [0.25, 0.3) is 0 Å². The monoisotopic (exact) mass is 248 g/mol. The van der Waals surface area contributed by atoms with Crippen molar-refractivity contribution >= 4 is 11.6 Å². The molecule has 0 heterocycles. The number of anilines is 1. The van der Waals surface area contributed by atoms with Crippen molar-refractivity contribution < 1.29 is 4.79 Å². The Kier molecular flexibility index (Phi) is 5.86. The van der Waals surface area contributed by atoms with E-state index >= 15 is 0 Å². The number of rotatable bonds is 6. The highest BCUT2D eigenvalue weighted by Gasteiger charge is 2.12. The van der Waals surface area contributed by atoms with Gasteiger partial charge in [0.15, 0.2) is 0 Å². The zero-order valence-corrected chi connectivity index (χ0v) is 11.8. The van der Waals surface area contributed by atoms with E-state index in [2.05, 4.69) is 31.4 Å². The molecule has 0 saturated heterocycles. The number of amides is 1. The maximum atomic E-state index is 11.8. The van der Waals surface area contributed by atoms with E-state index in [1.807, 2.05) is 31.2 Å². The van der Waals surface area contributed by atoms with Crippen molar-refractivity contribution in [3.05, 3.63) is 29.8 Å². The number of hydrogen-bond acceptors (Lipinski definition) is 2. The van der Waals surface area contributed by atoms with Crippen LogP contribution in [0, 0.1) is 12.8 Å². The smallest absolute Gasteiger partial charge is 0.238 e. The largest absolute Gasteiger partial charge is 0.325 e. The van der Waals surface area contributed by atoms with E-state index in [0.717, 1.165) is 17.7 Å². The van der Waals surface area contributed by atoms with Gasteiger partial charge in [-0.15, -0.1) is 0 Å². The minimum absolute atomic E-state index is 0.0170. The van der Waals surface area contributed by atoms with Crippen LogP contribution < -0.4 is 10.6 Å². The third kappa shape index (κ3) is 4.49. The normalized spacial score (nSPS) is 12.5. The average molecular weight is 248 g/mol. The first-order valence-electron chi connectivity index (χ1n) is 6.63. The molecule has 1 atom stereocenters. The molecule has 0 fully saturated rings. The lowest BCUT2D eigenvalue weighted by Crippen LogP contribution is -2.38. The molecule has 0 aromatic heterocycles. The van der Waals surface area contributed by atoms with E-state index in [-0.39, 0.29) is 5.91 Å². The lowest BCUT2D eigenvalue weighted by molar-refractivity contribution is -0.115. The molecule has 1 amide bonds. The average Bonchev–Trinajstić information content (AvgIpc) is 2.32. The fourth-order valence-electron chi connectivity index (χ4n) is 1.98. The molecule has 0 aliphatic heterocycles. The summed E-state index contributed by atoms with van der Waals surface area (Å²) in [6.45, 7) is 8.83. The predicted molar refractivity (Wildman–Crippen MR) is 76.7 cm³/mol. The van der Waals surface area contributed by atoms with Gasteiger partial charge < -0.3 is 10.6 Å². The second kappa shape index (κ2) is 7.17. The van der Waals surface area contributed by atoms with Crippen LogP contribution in [0.4, 0.5) is 5.69 Å². The van der Waals surface area contributed by atoms with Crippen LogP contribution in [0.2, 0.25) is 0 Å². The highest BCUT2D eigenvalue weighted by atomic mass is 16.1. The van der Waals surface area contributed by atoms with Crippen LogP contribution in [0.3, 0.4) is 0 Å². The van der Waals surface area contributed by atoms with Gasteiger partial charge in [0.2, 0.25) is 5.91 Å². The van der Waals surface area contributed by atoms with E-state index in [1.54, 1.807) is 0 Å². The van der Waals surface area contributed by atoms with Crippen molar-refractivity contribution in [3.63, 3.8) is 0 Å². The topological polar surface area (TPSA) is 41.1 Å². The summed E-state index contributed by atoms with van der Waals surface area (Å²) in [5.74, 6) is 0.560. The minimum Gasteiger partial charge on any atom is -0.325 e. The molecule has 0 aliphatic rings. The molecule has 3 nitrogen and oxygen atoms in total. The lowest BCUT2D eigenvalue weighted by atomic mass is 10.0. The Hall–Kier alpha value is -1.35. The first-order valence-corrected chi connectivity index (χ1v) is 6.63. The van der Waals surface area contributed by atoms with Gasteiger partial charge in [-0.2, -0.15) is 0 Å². The SMILES string of the molecule is CCC(NCC(=O)Nc1ccccc1C)C(C)C. The third-order valence-corrected chi connectivity index (χ3v) is 3.19. The number of carbonyl (C=O) groups is 1. The summed E-state index contributed by atoms with van der Waals surface area (Å²) in [6.07, 6.45) is 1.04. The Morgan fingerprint density at radius 3 is 2.50 bits per heavy atom. The number of para-hydroxylation sites is 1. The van der Waals surface area contributed by atoms with Crippen LogP contribution >= 0.6 is 0 Å². The molecule has 0 bridgehead atoms. The van der Waals surface area contributed by atoms with Crippen molar-refractivity contribution in [1.29, 1.82) is 0 Å². The van der Waals surface area contributed by atoms with E-state index < -0.39 is 0 Å². The van der Waals surface area contributed by atoms with Gasteiger partial charge >= 0.3 is 0 Å². The van der Waals surface area contributed by atoms with Crippen molar-refractivity contribution in [1.82, 2.24) is 5.32 Å². The molecule has 1 aromatic rings. The van der Waals surface area contributed by atoms with Crippen LogP contribution in [0.5, 0.6) is 0 Å². The fourth-order valence-corrected chi connectivity index (χ4v) is 1.98. The zero-order valence-electron chi connectivity index (χ0n) is 11.8. The summed E-state index contributed by atoms with van der Waals surface area (Å²) in [7, 11) is 0. The Bertz CT molecular complexity index is 388. The van der Waals surface area contributed by atoms with E-state index in [9.17, 15) is 4.79 Å². The van der Waals surface area contributed by atoms with Gasteiger partial charge in [0.1, 0.15) is 0 Å². The summed E-state index contributed by atoms with van der Waals surface area (Å²) >= 11 is 0. The number of aryl methyl sites for hydroxylation is 1. The van der Waals surface area contributed by atoms with Gasteiger partial charge in [0, 0.05) is 11.7 Å². The Balaban J connectivity index is 2.45. The molecular weight excluding hydrogens is 224 g/mol. The summed E-state index contributed by atoms with van der Waals surface area (Å²) < 4.78 is 0. The fraction of sp³-hybridized carbons (Fsp3) is 0.533. The van der Waals surface area contributed by atoms with Gasteiger partial charge in [-0.3, -0.25) is 4.79 Å². The maximum Gasteiger partial charge on any atom is 0.238 e. The number of benzene rings is 1. The first-order chi connectivity index (χ1) is 8.54. The van der Waals surface area contributed by atoms with Crippen molar-refractivity contribution in [3.8, 4) is 0 Å². The van der Waals surface area contributed by atoms with Gasteiger partial charge in [-0.25, -0.2) is 0 Å². The van der Waals surface area contributed by atoms with Crippen LogP contribution in [-0.2, 0) is 4.79 Å². The number of hydrogen-bond donors (Lipinski definition) is 2. The molecule has 0 radical (unpaired) electrons. The quantitative estimate of drug-likeness (QED) is 0.812. The second-order valence-corrected chi connectivity index (χ2v) is 5.00. The molecular formula is C15H24N2O. The summed E-state index contributed by atoms with van der Waals surface area (Å²) in [4.78, 5) is 11.8. The van der Waals surface area contributed by atoms with Crippen LogP contribution in [0.25, 0.3) is 0 Å². The summed E-state index contributed by atoms with van der Waals surface area (Å²) in [6, 6.07) is 8.21. The van der Waals surface area contributed by atoms with E-state index in [4.69, 9.17) is 0 Å². The molecule has 0 spiro atoms. The van der Waals surface area contributed by atoms with Gasteiger partial charge in [0.05, 0.1) is 6.54 Å². The Morgan fingerprint density at radius 2 is 1.94 bits per heavy atom. The number of nitrogens with one attached hydrogen (secondary N) is 2. The maximum absolute atomic E-state index is 11.8. The molecule has 100 valence electrons. The molecule has 0 aliphatic carbocycles. The third-order valence-electron chi connectivity index (χ3n) is 3.19. The summed E-state index contributed by atoms with van der Waals surface area (Å²) in [5.41, 5.74) is 1.98. The molecule has 0 saturated carbocycles. The molecule has 1 unspecified atom stereocenters. The second-order valence-electron chi connectivity index (χ2n) is 5.00. The highest BCUT2D eigenvalue weighted by Crippen LogP contribution is 2.12. The van der Waals surface area contributed by atoms with E-state index in [0.29, 0.717) is 18.5 Å². The lowest BCUT2D eigenvalue weighted by Gasteiger charge is -2.20. The van der Waals surface area contributed by atoms with Gasteiger partial charge in [-0.05, 0) is 30.9 Å². The zero-order chi connectivity index (χ0) is 13.5. The molecule has 2 N–H and O–H groups in total. The van der Waals surface area contributed by atoms with Gasteiger partial charge in [-0.1, -0.05) is 39.0 Å². The van der Waals surface area contributed by atoms with Crippen LogP contribution in [0.1, 0.15) is 32.8 Å². The molecule has 3 heteroatoms. The molecule has 18 heavy (non-hydrogen) atoms. The number of carbonyl (C=O) groups excluding carboxylic acids is 1. The first kappa shape index (κ1) is 14.7. The highest BCUT2D eigenvalue weighted by molar-refractivity contribution is 5.92. The van der Waals surface area contributed by atoms with Crippen molar-refractivity contribution in [2.24, 2.45) is 5.92 Å². The van der Waals surface area contributed by atoms with Crippen molar-refractivity contribution in [2.75, 3.05) is 11.9 Å². The molecule has 1 aromatic carbocycles. The summed E-state index contributed by atoms with van der Waals surface area (Å²) in [5, 5.41) is 6.22. The minimum atomic E-state index is 0.0170. The Morgan fingerprint density at radius 1 is 1.28 bits per heavy atom. The Labute approximate surface area is 110 Å². The van der Waals surface area contributed by atoms with Crippen molar-refractivity contribution in [2.45, 2.75) is 40.2 Å².